The van der Waals surface area contributed by atoms with Crippen LogP contribution < -0.4 is 5.32 Å². The van der Waals surface area contributed by atoms with Gasteiger partial charge in [0.05, 0.1) is 6.54 Å². The van der Waals surface area contributed by atoms with E-state index in [2.05, 4.69) is 24.4 Å². The maximum Gasteiger partial charge on any atom is 0.176 e. The summed E-state index contributed by atoms with van der Waals surface area (Å²) in [6.45, 7) is 4.47. The molecule has 0 aromatic heterocycles. The van der Waals surface area contributed by atoms with E-state index in [0.29, 0.717) is 6.54 Å². The summed E-state index contributed by atoms with van der Waals surface area (Å²) in [6.07, 6.45) is 0.932. The van der Waals surface area contributed by atoms with Gasteiger partial charge in [-0.2, -0.15) is 0 Å². The summed E-state index contributed by atoms with van der Waals surface area (Å²) in [5.74, 6) is 0.156. The number of nitrogens with one attached hydrogen (secondary N) is 1. The van der Waals surface area contributed by atoms with Crippen molar-refractivity contribution in [2.24, 2.45) is 0 Å². The van der Waals surface area contributed by atoms with E-state index >= 15 is 0 Å². The van der Waals surface area contributed by atoms with E-state index in [1.54, 1.807) is 0 Å². The number of benzene rings is 2. The number of Topliss-reactive ketones (excluding diaryl/α,β-unsaturated/α-hetero) is 1. The Bertz CT molecular complexity index is 568. The van der Waals surface area contributed by atoms with E-state index < -0.39 is 0 Å². The molecule has 0 spiro atoms. The highest BCUT2D eigenvalue weighted by atomic mass is 35.5. The van der Waals surface area contributed by atoms with Gasteiger partial charge in [-0.15, -0.1) is 12.4 Å². The monoisotopic (exact) mass is 303 g/mol. The average Bonchev–Trinajstić information content (AvgIpc) is 2.46. The number of hydrogen-bond acceptors (Lipinski definition) is 2. The van der Waals surface area contributed by atoms with Crippen LogP contribution in [0.5, 0.6) is 0 Å². The first-order chi connectivity index (χ1) is 9.66. The highest BCUT2D eigenvalue weighted by Gasteiger charge is 2.10. The van der Waals surface area contributed by atoms with Crippen molar-refractivity contribution in [1.82, 2.24) is 5.32 Å². The van der Waals surface area contributed by atoms with Crippen molar-refractivity contribution in [2.75, 3.05) is 6.54 Å². The van der Waals surface area contributed by atoms with Crippen molar-refractivity contribution in [3.63, 3.8) is 0 Å². The van der Waals surface area contributed by atoms with E-state index in [9.17, 15) is 4.79 Å². The quantitative estimate of drug-likeness (QED) is 0.822. The fourth-order valence-electron chi connectivity index (χ4n) is 2.29. The van der Waals surface area contributed by atoms with Crippen molar-refractivity contribution in [1.29, 1.82) is 0 Å². The molecule has 3 heteroatoms. The smallest absolute Gasteiger partial charge is 0.176 e. The van der Waals surface area contributed by atoms with Crippen LogP contribution in [0, 0.1) is 6.92 Å². The molecule has 0 fully saturated rings. The first-order valence-electron chi connectivity index (χ1n) is 7.03. The number of ketones is 1. The molecule has 21 heavy (non-hydrogen) atoms. The third-order valence-corrected chi connectivity index (χ3v) is 3.44. The molecule has 0 saturated carbocycles. The maximum absolute atomic E-state index is 12.2. The Kier molecular flexibility index (Phi) is 7.13. The van der Waals surface area contributed by atoms with Gasteiger partial charge in [0.1, 0.15) is 0 Å². The van der Waals surface area contributed by atoms with Gasteiger partial charge in [-0.3, -0.25) is 4.79 Å². The normalized spacial score (nSPS) is 11.5. The number of rotatable bonds is 6. The molecule has 1 atom stereocenters. The lowest BCUT2D eigenvalue weighted by Gasteiger charge is -2.14. The molecule has 1 N–H and O–H groups in total. The molecular weight excluding hydrogens is 282 g/mol. The molecule has 2 aromatic rings. The van der Waals surface area contributed by atoms with Gasteiger partial charge in [-0.1, -0.05) is 54.6 Å². The second-order valence-corrected chi connectivity index (χ2v) is 5.21. The molecule has 0 aliphatic carbocycles. The number of aryl methyl sites for hydroxylation is 1. The van der Waals surface area contributed by atoms with E-state index in [1.807, 2.05) is 49.4 Å². The van der Waals surface area contributed by atoms with Gasteiger partial charge in [-0.05, 0) is 31.4 Å². The summed E-state index contributed by atoms with van der Waals surface area (Å²) < 4.78 is 0. The fraction of sp³-hybridized carbons (Fsp3) is 0.278. The summed E-state index contributed by atoms with van der Waals surface area (Å²) in [4.78, 5) is 12.2. The second-order valence-electron chi connectivity index (χ2n) is 5.21. The van der Waals surface area contributed by atoms with E-state index in [4.69, 9.17) is 0 Å². The number of halogens is 1. The zero-order chi connectivity index (χ0) is 14.4. The molecular formula is C18H22ClNO. The molecule has 0 unspecified atom stereocenters. The largest absolute Gasteiger partial charge is 0.307 e. The number of carbonyl (C=O) groups is 1. The molecule has 2 rings (SSSR count). The zero-order valence-electron chi connectivity index (χ0n) is 12.5. The highest BCUT2D eigenvalue weighted by molar-refractivity contribution is 5.98. The standard InChI is InChI=1S/C18H21NO.ClH/c1-14-8-6-7-11-17(14)18(20)13-19-15(2)12-16-9-4-3-5-10-16;/h3-11,15,19H,12-13H2,1-2H3;1H/t15-;/m0./s1. The van der Waals surface area contributed by atoms with Gasteiger partial charge in [0.15, 0.2) is 5.78 Å². The molecule has 0 aliphatic heterocycles. The first kappa shape index (κ1) is 17.4. The third kappa shape index (κ3) is 5.33. The predicted octanol–water partition coefficient (Wildman–Crippen LogP) is 3.82. The average molecular weight is 304 g/mol. The topological polar surface area (TPSA) is 29.1 Å². The Morgan fingerprint density at radius 1 is 1.05 bits per heavy atom. The molecule has 0 saturated heterocycles. The molecule has 112 valence electrons. The Morgan fingerprint density at radius 3 is 2.33 bits per heavy atom. The van der Waals surface area contributed by atoms with Crippen molar-refractivity contribution < 1.29 is 4.79 Å². The Hall–Kier alpha value is -1.64. The van der Waals surface area contributed by atoms with E-state index in [0.717, 1.165) is 17.5 Å². The minimum Gasteiger partial charge on any atom is -0.307 e. The predicted molar refractivity (Wildman–Crippen MR) is 90.4 cm³/mol. The SMILES string of the molecule is Cc1ccccc1C(=O)CN[C@@H](C)Cc1ccccc1.Cl. The molecule has 0 bridgehead atoms. The van der Waals surface area contributed by atoms with Crippen LogP contribution >= 0.6 is 12.4 Å². The summed E-state index contributed by atoms with van der Waals surface area (Å²) in [6, 6.07) is 18.3. The van der Waals surface area contributed by atoms with Crippen LogP contribution in [0.1, 0.15) is 28.4 Å². The van der Waals surface area contributed by atoms with Crippen LogP contribution in [0.25, 0.3) is 0 Å². The third-order valence-electron chi connectivity index (χ3n) is 3.44. The maximum atomic E-state index is 12.2. The van der Waals surface area contributed by atoms with Gasteiger partial charge in [-0.25, -0.2) is 0 Å². The van der Waals surface area contributed by atoms with Crippen molar-refractivity contribution in [3.05, 3.63) is 71.3 Å². The number of carbonyl (C=O) groups excluding carboxylic acids is 1. The summed E-state index contributed by atoms with van der Waals surface area (Å²) in [5, 5.41) is 3.31. The Morgan fingerprint density at radius 2 is 1.67 bits per heavy atom. The lowest BCUT2D eigenvalue weighted by atomic mass is 10.0. The Labute approximate surface area is 133 Å². The van der Waals surface area contributed by atoms with Crippen LogP contribution in [-0.4, -0.2) is 18.4 Å². The van der Waals surface area contributed by atoms with Crippen LogP contribution in [-0.2, 0) is 6.42 Å². The van der Waals surface area contributed by atoms with Crippen LogP contribution in [0.15, 0.2) is 54.6 Å². The second kappa shape index (κ2) is 8.60. The van der Waals surface area contributed by atoms with Crippen molar-refractivity contribution in [3.8, 4) is 0 Å². The van der Waals surface area contributed by atoms with Gasteiger partial charge in [0, 0.05) is 11.6 Å². The van der Waals surface area contributed by atoms with Gasteiger partial charge < -0.3 is 5.32 Å². The number of hydrogen-bond donors (Lipinski definition) is 1. The van der Waals surface area contributed by atoms with E-state index in [1.165, 1.54) is 5.56 Å². The van der Waals surface area contributed by atoms with Gasteiger partial charge in [0.25, 0.3) is 0 Å². The molecule has 0 aliphatic rings. The molecule has 0 radical (unpaired) electrons. The summed E-state index contributed by atoms with van der Waals surface area (Å²) >= 11 is 0. The van der Waals surface area contributed by atoms with E-state index in [-0.39, 0.29) is 24.2 Å². The van der Waals surface area contributed by atoms with Crippen LogP contribution in [0.3, 0.4) is 0 Å². The first-order valence-corrected chi connectivity index (χ1v) is 7.03. The Balaban J connectivity index is 0.00000220. The van der Waals surface area contributed by atoms with Crippen molar-refractivity contribution in [2.45, 2.75) is 26.3 Å². The molecule has 2 aromatic carbocycles. The molecule has 0 heterocycles. The van der Waals surface area contributed by atoms with Gasteiger partial charge in [0.2, 0.25) is 0 Å². The van der Waals surface area contributed by atoms with Crippen LogP contribution in [0.4, 0.5) is 0 Å². The molecule has 0 amide bonds. The highest BCUT2D eigenvalue weighted by Crippen LogP contribution is 2.08. The van der Waals surface area contributed by atoms with Crippen LogP contribution in [0.2, 0.25) is 0 Å². The zero-order valence-corrected chi connectivity index (χ0v) is 13.3. The fourth-order valence-corrected chi connectivity index (χ4v) is 2.29. The lowest BCUT2D eigenvalue weighted by Crippen LogP contribution is -2.33. The van der Waals surface area contributed by atoms with Gasteiger partial charge >= 0.3 is 0 Å². The molecule has 2 nitrogen and oxygen atoms in total. The minimum absolute atomic E-state index is 0. The lowest BCUT2D eigenvalue weighted by molar-refractivity contribution is 0.0987. The minimum atomic E-state index is 0. The summed E-state index contributed by atoms with van der Waals surface area (Å²) in [7, 11) is 0. The summed E-state index contributed by atoms with van der Waals surface area (Å²) in [5.41, 5.74) is 3.14. The van der Waals surface area contributed by atoms with Crippen molar-refractivity contribution >= 4 is 18.2 Å².